The summed E-state index contributed by atoms with van der Waals surface area (Å²) in [6.45, 7) is 9.06. The maximum atomic E-state index is 12.2. The molecule has 120 valence electrons. The van der Waals surface area contributed by atoms with Gasteiger partial charge in [0.2, 0.25) is 10.0 Å². The van der Waals surface area contributed by atoms with Gasteiger partial charge >= 0.3 is 0 Å². The Labute approximate surface area is 129 Å². The third-order valence-electron chi connectivity index (χ3n) is 3.11. The van der Waals surface area contributed by atoms with E-state index >= 15 is 0 Å². The van der Waals surface area contributed by atoms with Crippen LogP contribution in [0.5, 0.6) is 0 Å². The van der Waals surface area contributed by atoms with E-state index in [9.17, 15) is 8.42 Å². The largest absolute Gasteiger partial charge is 0.306 e. The van der Waals surface area contributed by atoms with Crippen molar-refractivity contribution in [1.29, 1.82) is 0 Å². The quantitative estimate of drug-likeness (QED) is 0.858. The van der Waals surface area contributed by atoms with Gasteiger partial charge in [-0.2, -0.15) is 0 Å². The Balaban J connectivity index is 0.000000491. The van der Waals surface area contributed by atoms with Crippen LogP contribution in [0.1, 0.15) is 20.8 Å². The third kappa shape index (κ3) is 5.77. The lowest BCUT2D eigenvalue weighted by Crippen LogP contribution is -2.49. The second-order valence-electron chi connectivity index (χ2n) is 6.42. The fourth-order valence-electron chi connectivity index (χ4n) is 2.18. The molecule has 0 saturated carbocycles. The summed E-state index contributed by atoms with van der Waals surface area (Å²) in [6, 6.07) is 8.59. The average molecular weight is 312 g/mol. The maximum absolute atomic E-state index is 12.2. The summed E-state index contributed by atoms with van der Waals surface area (Å²) in [5, 5.41) is 0. The second kappa shape index (κ2) is 7.92. The van der Waals surface area contributed by atoms with Crippen LogP contribution in [0, 0.1) is 11.8 Å². The molecule has 1 heterocycles. The van der Waals surface area contributed by atoms with Gasteiger partial charge in [0, 0.05) is 26.7 Å². The van der Waals surface area contributed by atoms with E-state index in [1.807, 2.05) is 13.1 Å². The van der Waals surface area contributed by atoms with Gasteiger partial charge in [-0.1, -0.05) is 39.0 Å². The predicted octanol–water partition coefficient (Wildman–Crippen LogP) is 2.53. The minimum absolute atomic E-state index is 0.371. The highest BCUT2D eigenvalue weighted by atomic mass is 32.2. The normalized spacial score (nSPS) is 16.5. The van der Waals surface area contributed by atoms with E-state index in [1.54, 1.807) is 31.3 Å². The van der Waals surface area contributed by atoms with Gasteiger partial charge < -0.3 is 4.90 Å². The Bertz CT molecular complexity index is 506. The summed E-state index contributed by atoms with van der Waals surface area (Å²) >= 11 is 0. The van der Waals surface area contributed by atoms with Crippen LogP contribution in [0.3, 0.4) is 0 Å². The Hall–Kier alpha value is -0.910. The first-order chi connectivity index (χ1) is 9.73. The van der Waals surface area contributed by atoms with Crippen LogP contribution in [-0.4, -0.2) is 51.4 Å². The minimum Gasteiger partial charge on any atom is -0.306 e. The summed E-state index contributed by atoms with van der Waals surface area (Å²) < 4.78 is 25.9. The van der Waals surface area contributed by atoms with E-state index in [2.05, 4.69) is 25.7 Å². The van der Waals surface area contributed by atoms with Crippen molar-refractivity contribution in [1.82, 2.24) is 9.21 Å². The van der Waals surface area contributed by atoms with Crippen LogP contribution in [0.25, 0.3) is 0 Å². The number of hydrogen-bond donors (Lipinski definition) is 0. The number of benzene rings is 1. The Kier molecular flexibility index (Phi) is 6.84. The van der Waals surface area contributed by atoms with Crippen LogP contribution < -0.4 is 0 Å². The molecule has 0 aliphatic carbocycles. The Morgan fingerprint density at radius 2 is 1.67 bits per heavy atom. The molecule has 1 aliphatic rings. The van der Waals surface area contributed by atoms with Gasteiger partial charge in [0.15, 0.2) is 0 Å². The SMILES string of the molecule is CC(C)C.CN1CC(CN(C)S(=O)(=O)c2ccccc2)C1. The molecular formula is C16H28N2O2S. The number of nitrogens with zero attached hydrogens (tertiary/aromatic N) is 2. The molecule has 0 spiro atoms. The van der Waals surface area contributed by atoms with Gasteiger partial charge in [-0.15, -0.1) is 0 Å². The van der Waals surface area contributed by atoms with E-state index in [0.29, 0.717) is 17.4 Å². The first-order valence-corrected chi connectivity index (χ1v) is 8.87. The van der Waals surface area contributed by atoms with Crippen molar-refractivity contribution < 1.29 is 8.42 Å². The van der Waals surface area contributed by atoms with Gasteiger partial charge in [0.05, 0.1) is 4.90 Å². The highest BCUT2D eigenvalue weighted by Gasteiger charge is 2.29. The van der Waals surface area contributed by atoms with Gasteiger partial charge in [0.25, 0.3) is 0 Å². The Morgan fingerprint density at radius 1 is 1.19 bits per heavy atom. The molecule has 0 aromatic heterocycles. The van der Waals surface area contributed by atoms with Crippen molar-refractivity contribution in [3.05, 3.63) is 30.3 Å². The molecule has 21 heavy (non-hydrogen) atoms. The van der Waals surface area contributed by atoms with Crippen LogP contribution in [-0.2, 0) is 10.0 Å². The monoisotopic (exact) mass is 312 g/mol. The lowest BCUT2D eigenvalue weighted by atomic mass is 10.0. The fourth-order valence-corrected chi connectivity index (χ4v) is 3.45. The molecule has 5 heteroatoms. The summed E-state index contributed by atoms with van der Waals surface area (Å²) in [7, 11) is 0.384. The lowest BCUT2D eigenvalue weighted by molar-refractivity contribution is 0.119. The summed E-state index contributed by atoms with van der Waals surface area (Å²) in [6.07, 6.45) is 0. The summed E-state index contributed by atoms with van der Waals surface area (Å²) in [4.78, 5) is 2.56. The highest BCUT2D eigenvalue weighted by Crippen LogP contribution is 2.19. The lowest BCUT2D eigenvalue weighted by Gasteiger charge is -2.38. The number of sulfonamides is 1. The van der Waals surface area contributed by atoms with Crippen molar-refractivity contribution in [2.24, 2.45) is 11.8 Å². The molecule has 1 aromatic carbocycles. The maximum Gasteiger partial charge on any atom is 0.242 e. The topological polar surface area (TPSA) is 40.6 Å². The fraction of sp³-hybridized carbons (Fsp3) is 0.625. The zero-order valence-electron chi connectivity index (χ0n) is 13.8. The van der Waals surface area contributed by atoms with E-state index < -0.39 is 10.0 Å². The van der Waals surface area contributed by atoms with Crippen molar-refractivity contribution in [2.75, 3.05) is 33.7 Å². The van der Waals surface area contributed by atoms with Gasteiger partial charge in [-0.05, 0) is 31.0 Å². The zero-order chi connectivity index (χ0) is 16.0. The predicted molar refractivity (Wildman–Crippen MR) is 87.8 cm³/mol. The molecular weight excluding hydrogens is 284 g/mol. The minimum atomic E-state index is -3.31. The van der Waals surface area contributed by atoms with Crippen LogP contribution >= 0.6 is 0 Å². The highest BCUT2D eigenvalue weighted by molar-refractivity contribution is 7.89. The van der Waals surface area contributed by atoms with Crippen molar-refractivity contribution in [3.63, 3.8) is 0 Å². The number of rotatable bonds is 4. The van der Waals surface area contributed by atoms with Crippen molar-refractivity contribution in [2.45, 2.75) is 25.7 Å². The number of likely N-dealkylation sites (tertiary alicyclic amines) is 1. The first kappa shape index (κ1) is 18.1. The smallest absolute Gasteiger partial charge is 0.242 e. The molecule has 0 radical (unpaired) electrons. The Morgan fingerprint density at radius 3 is 2.10 bits per heavy atom. The van der Waals surface area contributed by atoms with Crippen LogP contribution in [0.4, 0.5) is 0 Å². The number of hydrogen-bond acceptors (Lipinski definition) is 3. The van der Waals surface area contributed by atoms with Gasteiger partial charge in [-0.25, -0.2) is 12.7 Å². The molecule has 1 aromatic rings. The second-order valence-corrected chi connectivity index (χ2v) is 8.46. The molecule has 1 aliphatic heterocycles. The molecule has 2 rings (SSSR count). The summed E-state index contributed by atoms with van der Waals surface area (Å²) in [5.41, 5.74) is 0. The van der Waals surface area contributed by atoms with Crippen molar-refractivity contribution >= 4 is 10.0 Å². The van der Waals surface area contributed by atoms with Gasteiger partial charge in [0.1, 0.15) is 0 Å². The molecule has 1 fully saturated rings. The molecule has 0 unspecified atom stereocenters. The third-order valence-corrected chi connectivity index (χ3v) is 4.94. The van der Waals surface area contributed by atoms with Gasteiger partial charge in [-0.3, -0.25) is 0 Å². The van der Waals surface area contributed by atoms with Crippen LogP contribution in [0.2, 0.25) is 0 Å². The molecule has 0 amide bonds. The van der Waals surface area contributed by atoms with E-state index in [-0.39, 0.29) is 0 Å². The molecule has 0 N–H and O–H groups in total. The van der Waals surface area contributed by atoms with E-state index in [1.165, 1.54) is 4.31 Å². The first-order valence-electron chi connectivity index (χ1n) is 7.43. The summed E-state index contributed by atoms with van der Waals surface area (Å²) in [5.74, 6) is 1.29. The zero-order valence-corrected chi connectivity index (χ0v) is 14.6. The van der Waals surface area contributed by atoms with E-state index in [4.69, 9.17) is 0 Å². The van der Waals surface area contributed by atoms with E-state index in [0.717, 1.165) is 19.0 Å². The van der Waals surface area contributed by atoms with Crippen LogP contribution in [0.15, 0.2) is 35.2 Å². The standard InChI is InChI=1S/C12H18N2O2S.C4H10/c1-13-8-11(9-13)10-14(2)17(15,16)12-6-4-3-5-7-12;1-4(2)3/h3-7,11H,8-10H2,1-2H3;4H,1-3H3. The molecule has 1 saturated heterocycles. The molecule has 0 atom stereocenters. The molecule has 4 nitrogen and oxygen atoms in total. The molecule has 0 bridgehead atoms. The van der Waals surface area contributed by atoms with Crippen molar-refractivity contribution in [3.8, 4) is 0 Å². The average Bonchev–Trinajstić information content (AvgIpc) is 2.37.